The minimum Gasteiger partial charge on any atom is -0.494 e. The fourth-order valence-electron chi connectivity index (χ4n) is 3.59. The van der Waals surface area contributed by atoms with Crippen molar-refractivity contribution in [3.8, 4) is 22.9 Å². The van der Waals surface area contributed by atoms with Crippen molar-refractivity contribution in [2.75, 3.05) is 25.1 Å². The van der Waals surface area contributed by atoms with Gasteiger partial charge in [-0.3, -0.25) is 4.79 Å². The van der Waals surface area contributed by atoms with Crippen LogP contribution < -0.4 is 14.8 Å². The zero-order valence-electron chi connectivity index (χ0n) is 18.8. The van der Waals surface area contributed by atoms with Crippen molar-refractivity contribution in [2.45, 2.75) is 45.1 Å². The van der Waals surface area contributed by atoms with E-state index < -0.39 is 0 Å². The SMILES string of the molecule is CCOc1ccc(-c2noc(CCC(=O)Nc3ccccc3OCC3CCCCO3)n2)cc1. The van der Waals surface area contributed by atoms with Gasteiger partial charge in [0.2, 0.25) is 17.6 Å². The number of amides is 1. The first-order chi connectivity index (χ1) is 16.2. The van der Waals surface area contributed by atoms with Gasteiger partial charge in [-0.15, -0.1) is 0 Å². The van der Waals surface area contributed by atoms with E-state index in [0.29, 0.717) is 42.8 Å². The number of aromatic nitrogens is 2. The van der Waals surface area contributed by atoms with Crippen LogP contribution in [0.25, 0.3) is 11.4 Å². The van der Waals surface area contributed by atoms with Crippen molar-refractivity contribution < 1.29 is 23.5 Å². The van der Waals surface area contributed by atoms with Gasteiger partial charge in [-0.1, -0.05) is 17.3 Å². The molecule has 1 aromatic heterocycles. The Bertz CT molecular complexity index is 1030. The van der Waals surface area contributed by atoms with E-state index in [1.165, 1.54) is 0 Å². The van der Waals surface area contributed by atoms with Crippen LogP contribution in [0, 0.1) is 0 Å². The van der Waals surface area contributed by atoms with Gasteiger partial charge in [-0.25, -0.2) is 0 Å². The second kappa shape index (κ2) is 11.5. The molecule has 0 spiro atoms. The number of hydrogen-bond acceptors (Lipinski definition) is 7. The molecule has 2 aromatic carbocycles. The highest BCUT2D eigenvalue weighted by atomic mass is 16.5. The fourth-order valence-corrected chi connectivity index (χ4v) is 3.59. The molecule has 1 amide bonds. The topological polar surface area (TPSA) is 95.7 Å². The first-order valence-corrected chi connectivity index (χ1v) is 11.4. The molecule has 0 saturated carbocycles. The molecule has 174 valence electrons. The first kappa shape index (κ1) is 22.8. The van der Waals surface area contributed by atoms with E-state index in [4.69, 9.17) is 18.7 Å². The Kier molecular flexibility index (Phi) is 7.92. The summed E-state index contributed by atoms with van der Waals surface area (Å²) in [6.45, 7) is 3.80. The van der Waals surface area contributed by atoms with Crippen LogP contribution in [0.2, 0.25) is 0 Å². The van der Waals surface area contributed by atoms with E-state index in [2.05, 4.69) is 15.5 Å². The van der Waals surface area contributed by atoms with Crippen LogP contribution in [0.5, 0.6) is 11.5 Å². The number of ether oxygens (including phenoxy) is 3. The summed E-state index contributed by atoms with van der Waals surface area (Å²) in [6, 6.07) is 14.9. The highest BCUT2D eigenvalue weighted by Crippen LogP contribution is 2.25. The lowest BCUT2D eigenvalue weighted by Crippen LogP contribution is -2.26. The molecule has 1 unspecified atom stereocenters. The summed E-state index contributed by atoms with van der Waals surface area (Å²) >= 11 is 0. The van der Waals surface area contributed by atoms with Gasteiger partial charge >= 0.3 is 0 Å². The molecular weight excluding hydrogens is 422 g/mol. The van der Waals surface area contributed by atoms with Crippen molar-refractivity contribution in [3.05, 3.63) is 54.4 Å². The van der Waals surface area contributed by atoms with Crippen molar-refractivity contribution >= 4 is 11.6 Å². The van der Waals surface area contributed by atoms with Gasteiger partial charge in [-0.05, 0) is 62.6 Å². The molecule has 1 atom stereocenters. The molecule has 1 aliphatic heterocycles. The molecule has 2 heterocycles. The van der Waals surface area contributed by atoms with Crippen LogP contribution in [0.4, 0.5) is 5.69 Å². The fraction of sp³-hybridized carbons (Fsp3) is 0.400. The predicted octanol–water partition coefficient (Wildman–Crippen LogP) is 4.65. The lowest BCUT2D eigenvalue weighted by atomic mass is 10.1. The number of hydrogen-bond donors (Lipinski definition) is 1. The van der Waals surface area contributed by atoms with Crippen LogP contribution >= 0.6 is 0 Å². The van der Waals surface area contributed by atoms with Crippen LogP contribution in [0.15, 0.2) is 53.1 Å². The van der Waals surface area contributed by atoms with E-state index in [1.807, 2.05) is 55.5 Å². The smallest absolute Gasteiger partial charge is 0.227 e. The quantitative estimate of drug-likeness (QED) is 0.479. The highest BCUT2D eigenvalue weighted by molar-refractivity contribution is 5.92. The minimum absolute atomic E-state index is 0.101. The van der Waals surface area contributed by atoms with Crippen molar-refractivity contribution in [3.63, 3.8) is 0 Å². The maximum atomic E-state index is 12.5. The molecule has 1 fully saturated rings. The van der Waals surface area contributed by atoms with Gasteiger partial charge in [0.15, 0.2) is 0 Å². The summed E-state index contributed by atoms with van der Waals surface area (Å²) < 4.78 is 22.4. The van der Waals surface area contributed by atoms with Crippen LogP contribution in [0.3, 0.4) is 0 Å². The Morgan fingerprint density at radius 1 is 1.12 bits per heavy atom. The number of benzene rings is 2. The Morgan fingerprint density at radius 3 is 2.76 bits per heavy atom. The molecular formula is C25H29N3O5. The monoisotopic (exact) mass is 451 g/mol. The van der Waals surface area contributed by atoms with Gasteiger partial charge in [-0.2, -0.15) is 4.98 Å². The maximum absolute atomic E-state index is 12.5. The minimum atomic E-state index is -0.152. The third-order valence-corrected chi connectivity index (χ3v) is 5.32. The Balaban J connectivity index is 1.28. The Labute approximate surface area is 193 Å². The normalized spacial score (nSPS) is 15.7. The molecule has 1 aliphatic rings. The molecule has 33 heavy (non-hydrogen) atoms. The third-order valence-electron chi connectivity index (χ3n) is 5.32. The van der Waals surface area contributed by atoms with Gasteiger partial charge in [0.25, 0.3) is 0 Å². The summed E-state index contributed by atoms with van der Waals surface area (Å²) in [7, 11) is 0. The summed E-state index contributed by atoms with van der Waals surface area (Å²) in [6.07, 6.45) is 3.91. The first-order valence-electron chi connectivity index (χ1n) is 11.4. The Morgan fingerprint density at radius 2 is 1.97 bits per heavy atom. The van der Waals surface area contributed by atoms with E-state index in [-0.39, 0.29) is 18.4 Å². The van der Waals surface area contributed by atoms with Gasteiger partial charge in [0.05, 0.1) is 18.4 Å². The number of nitrogens with one attached hydrogen (secondary N) is 1. The zero-order chi connectivity index (χ0) is 22.9. The lowest BCUT2D eigenvalue weighted by molar-refractivity contribution is -0.116. The second-order valence-electron chi connectivity index (χ2n) is 7.81. The average molecular weight is 452 g/mol. The molecule has 4 rings (SSSR count). The molecule has 8 nitrogen and oxygen atoms in total. The molecule has 3 aromatic rings. The zero-order valence-corrected chi connectivity index (χ0v) is 18.8. The third kappa shape index (κ3) is 6.55. The molecule has 0 aliphatic carbocycles. The van der Waals surface area contributed by atoms with Crippen molar-refractivity contribution in [1.82, 2.24) is 10.1 Å². The van der Waals surface area contributed by atoms with Crippen LogP contribution in [-0.4, -0.2) is 42.0 Å². The molecule has 0 radical (unpaired) electrons. The standard InChI is InChI=1S/C25H29N3O5/c1-2-30-19-12-10-18(11-13-19)25-27-24(33-28-25)15-14-23(29)26-21-8-3-4-9-22(21)32-17-20-7-5-6-16-31-20/h3-4,8-13,20H,2,5-7,14-17H2,1H3,(H,26,29). The molecule has 1 saturated heterocycles. The summed E-state index contributed by atoms with van der Waals surface area (Å²) in [5, 5.41) is 6.93. The van der Waals surface area contributed by atoms with Gasteiger partial charge < -0.3 is 24.1 Å². The van der Waals surface area contributed by atoms with E-state index in [0.717, 1.165) is 37.2 Å². The number of rotatable bonds is 10. The van der Waals surface area contributed by atoms with E-state index >= 15 is 0 Å². The number of carbonyl (C=O) groups excluding carboxylic acids is 1. The lowest BCUT2D eigenvalue weighted by Gasteiger charge is -2.23. The van der Waals surface area contributed by atoms with Gasteiger partial charge in [0, 0.05) is 25.0 Å². The largest absolute Gasteiger partial charge is 0.494 e. The number of carbonyl (C=O) groups is 1. The molecule has 0 bridgehead atoms. The molecule has 1 N–H and O–H groups in total. The maximum Gasteiger partial charge on any atom is 0.227 e. The van der Waals surface area contributed by atoms with E-state index in [9.17, 15) is 4.79 Å². The average Bonchev–Trinajstić information content (AvgIpc) is 3.33. The van der Waals surface area contributed by atoms with Crippen LogP contribution in [0.1, 0.15) is 38.5 Å². The summed E-state index contributed by atoms with van der Waals surface area (Å²) in [5.74, 6) is 2.17. The predicted molar refractivity (Wildman–Crippen MR) is 123 cm³/mol. The highest BCUT2D eigenvalue weighted by Gasteiger charge is 2.16. The second-order valence-corrected chi connectivity index (χ2v) is 7.81. The number of nitrogens with zero attached hydrogens (tertiary/aromatic N) is 2. The van der Waals surface area contributed by atoms with Crippen LogP contribution in [-0.2, 0) is 16.0 Å². The summed E-state index contributed by atoms with van der Waals surface area (Å²) in [5.41, 5.74) is 1.46. The van der Waals surface area contributed by atoms with Crippen molar-refractivity contribution in [2.24, 2.45) is 0 Å². The number of para-hydroxylation sites is 2. The molecule has 8 heteroatoms. The summed E-state index contributed by atoms with van der Waals surface area (Å²) in [4.78, 5) is 16.9. The number of aryl methyl sites for hydroxylation is 1. The van der Waals surface area contributed by atoms with Crippen molar-refractivity contribution in [1.29, 1.82) is 0 Å². The van der Waals surface area contributed by atoms with Gasteiger partial charge in [0.1, 0.15) is 18.1 Å². The Hall–Kier alpha value is -3.39. The number of anilines is 1. The van der Waals surface area contributed by atoms with E-state index in [1.54, 1.807) is 0 Å².